The summed E-state index contributed by atoms with van der Waals surface area (Å²) in [5.74, 6) is -0.675. The van der Waals surface area contributed by atoms with E-state index in [4.69, 9.17) is 14.0 Å². The molecule has 3 rings (SSSR count). The first kappa shape index (κ1) is 17.5. The quantitative estimate of drug-likeness (QED) is 0.574. The van der Waals surface area contributed by atoms with E-state index in [1.165, 1.54) is 24.3 Å². The number of phenols is 1. The summed E-state index contributed by atoms with van der Waals surface area (Å²) in [6.07, 6.45) is 0.260. The second-order valence-electron chi connectivity index (χ2n) is 5.00. The minimum absolute atomic E-state index is 0.0126. The summed E-state index contributed by atoms with van der Waals surface area (Å²) in [6, 6.07) is 4.34. The summed E-state index contributed by atoms with van der Waals surface area (Å²) in [7, 11) is -3.72. The number of halogens is 1. The van der Waals surface area contributed by atoms with E-state index >= 15 is 0 Å². The zero-order valence-corrected chi connectivity index (χ0v) is 13.9. The minimum atomic E-state index is -3.72. The third-order valence-electron chi connectivity index (χ3n) is 3.19. The second kappa shape index (κ2) is 6.86. The number of rotatable bonds is 7. The van der Waals surface area contributed by atoms with E-state index in [0.717, 1.165) is 0 Å². The molecule has 0 radical (unpaired) electrons. The molecule has 1 aliphatic rings. The van der Waals surface area contributed by atoms with Crippen molar-refractivity contribution in [3.63, 3.8) is 0 Å². The van der Waals surface area contributed by atoms with Gasteiger partial charge in [0, 0.05) is 12.1 Å². The molecule has 1 N–H and O–H groups in total. The van der Waals surface area contributed by atoms with Gasteiger partial charge in [0.1, 0.15) is 23.6 Å². The Morgan fingerprint density at radius 1 is 1.44 bits per heavy atom. The van der Waals surface area contributed by atoms with Gasteiger partial charge in [0.25, 0.3) is 10.1 Å². The highest BCUT2D eigenvalue weighted by atomic mass is 32.2. The molecule has 1 aromatic heterocycles. The van der Waals surface area contributed by atoms with Crippen molar-refractivity contribution in [3.8, 4) is 5.75 Å². The molecule has 1 atom stereocenters. The van der Waals surface area contributed by atoms with Crippen molar-refractivity contribution in [3.05, 3.63) is 36.0 Å². The van der Waals surface area contributed by atoms with Gasteiger partial charge in [-0.05, 0) is 24.3 Å². The van der Waals surface area contributed by atoms with Crippen LogP contribution in [0.5, 0.6) is 5.75 Å². The molecule has 0 fully saturated rings. The van der Waals surface area contributed by atoms with E-state index in [-0.39, 0.29) is 36.0 Å². The predicted molar refractivity (Wildman–Crippen MR) is 81.9 cm³/mol. The van der Waals surface area contributed by atoms with Gasteiger partial charge < -0.3 is 14.3 Å². The van der Waals surface area contributed by atoms with Gasteiger partial charge in [-0.2, -0.15) is 8.42 Å². The lowest BCUT2D eigenvalue weighted by Gasteiger charge is -2.11. The van der Waals surface area contributed by atoms with Crippen molar-refractivity contribution in [2.24, 2.45) is 0 Å². The molecule has 2 heterocycles. The number of nitrogens with zero attached hydrogens (tertiary/aromatic N) is 2. The molecule has 1 aromatic carbocycles. The van der Waals surface area contributed by atoms with Crippen LogP contribution < -0.4 is 0 Å². The Morgan fingerprint density at radius 2 is 2.24 bits per heavy atom. The van der Waals surface area contributed by atoms with Crippen LogP contribution in [0.3, 0.4) is 0 Å². The van der Waals surface area contributed by atoms with Crippen LogP contribution in [-0.2, 0) is 23.9 Å². The highest BCUT2D eigenvalue weighted by molar-refractivity contribution is 7.86. The number of hydroxylamine groups is 1. The zero-order valence-electron chi connectivity index (χ0n) is 13.1. The Hall–Kier alpha value is -2.37. The smallest absolute Gasteiger partial charge is 0.270 e. The average molecular weight is 374 g/mol. The third kappa shape index (κ3) is 4.00. The maximum atomic E-state index is 13.7. The average Bonchev–Trinajstić information content (AvgIpc) is 3.10. The third-order valence-corrected chi connectivity index (χ3v) is 4.45. The van der Waals surface area contributed by atoms with Crippen LogP contribution in [0.25, 0.3) is 11.1 Å². The Kier molecular flexibility index (Phi) is 4.79. The van der Waals surface area contributed by atoms with Gasteiger partial charge in [0.2, 0.25) is 11.8 Å². The van der Waals surface area contributed by atoms with Crippen molar-refractivity contribution in [1.29, 1.82) is 0 Å². The van der Waals surface area contributed by atoms with Crippen LogP contribution in [0.4, 0.5) is 4.48 Å². The number of hydrogen-bond acceptors (Lipinski definition) is 9. The Balaban J connectivity index is 1.68. The van der Waals surface area contributed by atoms with E-state index in [9.17, 15) is 18.0 Å². The van der Waals surface area contributed by atoms with E-state index in [0.29, 0.717) is 11.1 Å². The zero-order chi connectivity index (χ0) is 18.0. The van der Waals surface area contributed by atoms with Crippen molar-refractivity contribution in [2.75, 3.05) is 19.0 Å². The van der Waals surface area contributed by atoms with Crippen molar-refractivity contribution < 1.29 is 36.2 Å². The summed E-state index contributed by atoms with van der Waals surface area (Å²) in [4.78, 5) is 9.01. The van der Waals surface area contributed by atoms with Crippen LogP contribution in [0.2, 0.25) is 0 Å². The predicted octanol–water partition coefficient (Wildman–Crippen LogP) is 1.93. The number of phenolic OH excluding ortho intramolecular Hbond substituents is 1. The highest BCUT2D eigenvalue weighted by Crippen LogP contribution is 2.33. The van der Waals surface area contributed by atoms with Crippen LogP contribution >= 0.6 is 0 Å². The number of ether oxygens (including phenoxy) is 1. The second-order valence-corrected chi connectivity index (χ2v) is 6.76. The van der Waals surface area contributed by atoms with Crippen LogP contribution in [0.15, 0.2) is 34.6 Å². The molecule has 9 nitrogen and oxygen atoms in total. The topological polar surface area (TPSA) is 111 Å². The molecule has 0 bridgehead atoms. The SMILES string of the molecule is CCOS(=O)(=O)CCOC1=CC(c2nc3cc(O)ccc3o2)ON1F. The fourth-order valence-corrected chi connectivity index (χ4v) is 2.89. The number of aromatic hydroxyl groups is 1. The molecule has 1 unspecified atom stereocenters. The van der Waals surface area contributed by atoms with Crippen LogP contribution in [0.1, 0.15) is 18.9 Å². The summed E-state index contributed by atoms with van der Waals surface area (Å²) < 4.78 is 51.6. The first-order chi connectivity index (χ1) is 11.9. The fraction of sp³-hybridized carbons (Fsp3) is 0.357. The Labute approximate surface area is 142 Å². The monoisotopic (exact) mass is 374 g/mol. The van der Waals surface area contributed by atoms with Gasteiger partial charge in [-0.15, -0.1) is 0 Å². The maximum Gasteiger partial charge on any atom is 0.270 e. The summed E-state index contributed by atoms with van der Waals surface area (Å²) in [6.45, 7) is 1.24. The van der Waals surface area contributed by atoms with E-state index in [1.54, 1.807) is 6.92 Å². The number of oxazole rings is 1. The van der Waals surface area contributed by atoms with Crippen LogP contribution in [0, 0.1) is 0 Å². The van der Waals surface area contributed by atoms with Gasteiger partial charge >= 0.3 is 0 Å². The molecule has 0 amide bonds. The van der Waals surface area contributed by atoms with Crippen molar-refractivity contribution in [2.45, 2.75) is 13.0 Å². The van der Waals surface area contributed by atoms with Gasteiger partial charge in [0.05, 0.1) is 6.61 Å². The molecule has 11 heteroatoms. The molecule has 0 saturated carbocycles. The molecule has 2 aromatic rings. The lowest BCUT2D eigenvalue weighted by atomic mass is 10.3. The van der Waals surface area contributed by atoms with Crippen LogP contribution in [-0.4, -0.2) is 42.8 Å². The Bertz CT molecular complexity index is 896. The molecule has 136 valence electrons. The number of benzene rings is 1. The Morgan fingerprint density at radius 3 is 3.00 bits per heavy atom. The van der Waals surface area contributed by atoms with Crippen molar-refractivity contribution in [1.82, 2.24) is 10.3 Å². The maximum absolute atomic E-state index is 13.7. The normalized spacial score (nSPS) is 17.9. The molecule has 1 aliphatic heterocycles. The van der Waals surface area contributed by atoms with Gasteiger partial charge in [-0.3, -0.25) is 4.18 Å². The number of fused-ring (bicyclic) bond motifs is 1. The standard InChI is InChI=1S/C14H15FN2O7S/c1-2-22-25(19,20)6-5-21-13-8-12(24-17(13)15)14-16-10-7-9(18)3-4-11(10)23-14/h3-4,7-8,12,18H,2,5-6H2,1H3. The molecule has 25 heavy (non-hydrogen) atoms. The van der Waals surface area contributed by atoms with E-state index in [1.807, 2.05) is 0 Å². The molecule has 0 spiro atoms. The molecule has 0 saturated heterocycles. The highest BCUT2D eigenvalue weighted by Gasteiger charge is 2.31. The summed E-state index contributed by atoms with van der Waals surface area (Å²) >= 11 is 0. The first-order valence-corrected chi connectivity index (χ1v) is 8.89. The van der Waals surface area contributed by atoms with Gasteiger partial charge in [-0.1, -0.05) is 4.48 Å². The summed E-state index contributed by atoms with van der Waals surface area (Å²) in [5.41, 5.74) is 0.780. The molecule has 0 aliphatic carbocycles. The number of hydrogen-bond donors (Lipinski definition) is 1. The summed E-state index contributed by atoms with van der Waals surface area (Å²) in [5, 5.41) is 9.28. The minimum Gasteiger partial charge on any atom is -0.508 e. The van der Waals surface area contributed by atoms with E-state index in [2.05, 4.69) is 9.17 Å². The number of aromatic nitrogens is 1. The largest absolute Gasteiger partial charge is 0.508 e. The molecular weight excluding hydrogens is 359 g/mol. The van der Waals surface area contributed by atoms with Gasteiger partial charge in [-0.25, -0.2) is 9.82 Å². The lowest BCUT2D eigenvalue weighted by molar-refractivity contribution is -0.279. The lowest BCUT2D eigenvalue weighted by Crippen LogP contribution is -2.17. The molecular formula is C14H15FN2O7S. The van der Waals surface area contributed by atoms with E-state index < -0.39 is 22.0 Å². The van der Waals surface area contributed by atoms with Crippen molar-refractivity contribution >= 4 is 21.2 Å². The fourth-order valence-electron chi connectivity index (χ4n) is 2.13. The first-order valence-electron chi connectivity index (χ1n) is 7.32. The van der Waals surface area contributed by atoms with Gasteiger partial charge in [0.15, 0.2) is 11.7 Å².